The van der Waals surface area contributed by atoms with E-state index in [0.29, 0.717) is 23.2 Å². The van der Waals surface area contributed by atoms with Gasteiger partial charge in [0, 0.05) is 27.8 Å². The van der Waals surface area contributed by atoms with Crippen LogP contribution in [0.5, 0.6) is 5.75 Å². The van der Waals surface area contributed by atoms with E-state index in [9.17, 15) is 0 Å². The Balaban J connectivity index is 1.63. The number of rotatable bonds is 6. The van der Waals surface area contributed by atoms with Crippen molar-refractivity contribution in [3.63, 3.8) is 0 Å². The van der Waals surface area contributed by atoms with Gasteiger partial charge in [0.05, 0.1) is 0 Å². The predicted octanol–water partition coefficient (Wildman–Crippen LogP) is 7.65. The molecule has 4 aromatic carbocycles. The summed E-state index contributed by atoms with van der Waals surface area (Å²) in [5, 5.41) is 6.98. The van der Waals surface area contributed by atoms with Crippen molar-refractivity contribution in [3.05, 3.63) is 106 Å². The van der Waals surface area contributed by atoms with E-state index in [1.54, 1.807) is 6.07 Å². The fraction of sp³-hybridized carbons (Fsp3) is 0.120. The molecular weight excluding hydrogens is 401 g/mol. The number of halogens is 2. The lowest BCUT2D eigenvalue weighted by atomic mass is 10.0. The first-order valence-electron chi connectivity index (χ1n) is 9.47. The first kappa shape index (κ1) is 19.6. The number of ether oxygens (including phenoxy) is 1. The van der Waals surface area contributed by atoms with Crippen molar-refractivity contribution < 1.29 is 4.74 Å². The summed E-state index contributed by atoms with van der Waals surface area (Å²) >= 11 is 12.3. The Morgan fingerprint density at radius 1 is 0.828 bits per heavy atom. The van der Waals surface area contributed by atoms with Crippen molar-refractivity contribution in [2.24, 2.45) is 0 Å². The van der Waals surface area contributed by atoms with Gasteiger partial charge in [-0.25, -0.2) is 0 Å². The average molecular weight is 422 g/mol. The summed E-state index contributed by atoms with van der Waals surface area (Å²) in [6.45, 7) is 3.21. The lowest BCUT2D eigenvalue weighted by molar-refractivity contribution is 0.304. The third kappa shape index (κ3) is 4.84. The SMILES string of the molecule is Cc1cccc(COc2ccc3ccccc3c2CNc2cc(Cl)cc(Cl)c2)c1. The number of nitrogens with one attached hydrogen (secondary N) is 1. The fourth-order valence-electron chi connectivity index (χ4n) is 3.44. The lowest BCUT2D eigenvalue weighted by Gasteiger charge is -2.16. The van der Waals surface area contributed by atoms with Gasteiger partial charge in [0.15, 0.2) is 0 Å². The highest BCUT2D eigenvalue weighted by atomic mass is 35.5. The van der Waals surface area contributed by atoms with Crippen molar-refractivity contribution in [1.82, 2.24) is 0 Å². The Hall–Kier alpha value is -2.68. The van der Waals surface area contributed by atoms with Crippen LogP contribution in [0.4, 0.5) is 5.69 Å². The summed E-state index contributed by atoms with van der Waals surface area (Å²) in [5.74, 6) is 0.867. The van der Waals surface area contributed by atoms with Crippen LogP contribution in [-0.4, -0.2) is 0 Å². The van der Waals surface area contributed by atoms with Gasteiger partial charge < -0.3 is 10.1 Å². The normalized spacial score (nSPS) is 10.9. The van der Waals surface area contributed by atoms with Crippen LogP contribution in [0.3, 0.4) is 0 Å². The van der Waals surface area contributed by atoms with Crippen LogP contribution in [0, 0.1) is 6.92 Å². The van der Waals surface area contributed by atoms with Crippen molar-refractivity contribution in [2.45, 2.75) is 20.1 Å². The smallest absolute Gasteiger partial charge is 0.125 e. The van der Waals surface area contributed by atoms with Gasteiger partial charge in [-0.1, -0.05) is 83.4 Å². The summed E-state index contributed by atoms with van der Waals surface area (Å²) in [4.78, 5) is 0. The van der Waals surface area contributed by atoms with Gasteiger partial charge >= 0.3 is 0 Å². The standard InChI is InChI=1S/C25H21Cl2NO/c1-17-5-4-6-18(11-17)16-29-25-10-9-19-7-2-3-8-23(19)24(25)15-28-22-13-20(26)12-21(27)14-22/h2-14,28H,15-16H2,1H3. The minimum Gasteiger partial charge on any atom is -0.489 e. The lowest BCUT2D eigenvalue weighted by Crippen LogP contribution is -2.05. The van der Waals surface area contributed by atoms with Crippen LogP contribution in [0.25, 0.3) is 10.8 Å². The van der Waals surface area contributed by atoms with E-state index in [0.717, 1.165) is 28.0 Å². The molecule has 4 heteroatoms. The molecule has 0 radical (unpaired) electrons. The molecule has 0 aliphatic rings. The van der Waals surface area contributed by atoms with Gasteiger partial charge in [0.25, 0.3) is 0 Å². The summed E-state index contributed by atoms with van der Waals surface area (Å²) in [6.07, 6.45) is 0. The second kappa shape index (κ2) is 8.77. The average Bonchev–Trinajstić information content (AvgIpc) is 2.70. The molecule has 29 heavy (non-hydrogen) atoms. The molecule has 0 aromatic heterocycles. The molecule has 0 aliphatic heterocycles. The molecule has 0 fully saturated rings. The highest BCUT2D eigenvalue weighted by Gasteiger charge is 2.10. The summed E-state index contributed by atoms with van der Waals surface area (Å²) in [7, 11) is 0. The molecule has 0 amide bonds. The van der Waals surface area contributed by atoms with Crippen LogP contribution in [0.15, 0.2) is 78.9 Å². The van der Waals surface area contributed by atoms with Crippen LogP contribution < -0.4 is 10.1 Å². The van der Waals surface area contributed by atoms with Crippen molar-refractivity contribution in [2.75, 3.05) is 5.32 Å². The molecule has 0 unspecified atom stereocenters. The number of fused-ring (bicyclic) bond motifs is 1. The molecule has 2 nitrogen and oxygen atoms in total. The number of aryl methyl sites for hydroxylation is 1. The number of anilines is 1. The Kier molecular flexibility index (Phi) is 5.94. The topological polar surface area (TPSA) is 21.3 Å². The van der Waals surface area contributed by atoms with Crippen molar-refractivity contribution >= 4 is 39.7 Å². The highest BCUT2D eigenvalue weighted by molar-refractivity contribution is 6.35. The van der Waals surface area contributed by atoms with Crippen LogP contribution >= 0.6 is 23.2 Å². The minimum atomic E-state index is 0.524. The Morgan fingerprint density at radius 2 is 1.62 bits per heavy atom. The third-order valence-corrected chi connectivity index (χ3v) is 5.24. The van der Waals surface area contributed by atoms with Gasteiger partial charge in [0.2, 0.25) is 0 Å². The quantitative estimate of drug-likeness (QED) is 0.345. The summed E-state index contributed by atoms with van der Waals surface area (Å²) in [6, 6.07) is 26.3. The van der Waals surface area contributed by atoms with E-state index < -0.39 is 0 Å². The maximum absolute atomic E-state index is 6.23. The van der Waals surface area contributed by atoms with Crippen LogP contribution in [-0.2, 0) is 13.2 Å². The second-order valence-corrected chi connectivity index (χ2v) is 7.93. The molecule has 0 bridgehead atoms. The first-order chi connectivity index (χ1) is 14.1. The van der Waals surface area contributed by atoms with Gasteiger partial charge in [-0.3, -0.25) is 0 Å². The first-order valence-corrected chi connectivity index (χ1v) is 10.2. The Labute approximate surface area is 181 Å². The number of hydrogen-bond donors (Lipinski definition) is 1. The summed E-state index contributed by atoms with van der Waals surface area (Å²) < 4.78 is 6.23. The summed E-state index contributed by atoms with van der Waals surface area (Å²) in [5.41, 5.74) is 4.36. The molecule has 4 rings (SSSR count). The third-order valence-electron chi connectivity index (χ3n) is 4.81. The van der Waals surface area contributed by atoms with Crippen molar-refractivity contribution in [3.8, 4) is 5.75 Å². The maximum Gasteiger partial charge on any atom is 0.125 e. The molecule has 1 N–H and O–H groups in total. The Morgan fingerprint density at radius 3 is 2.41 bits per heavy atom. The Bertz CT molecular complexity index is 1140. The van der Waals surface area contributed by atoms with Crippen LogP contribution in [0.1, 0.15) is 16.7 Å². The van der Waals surface area contributed by atoms with Gasteiger partial charge in [0.1, 0.15) is 12.4 Å². The van der Waals surface area contributed by atoms with E-state index in [1.165, 1.54) is 10.9 Å². The molecule has 0 saturated heterocycles. The molecule has 0 aliphatic carbocycles. The molecule has 0 heterocycles. The van der Waals surface area contributed by atoms with E-state index in [2.05, 4.69) is 54.7 Å². The minimum absolute atomic E-state index is 0.524. The predicted molar refractivity (Wildman–Crippen MR) is 123 cm³/mol. The monoisotopic (exact) mass is 421 g/mol. The molecule has 0 spiro atoms. The fourth-order valence-corrected chi connectivity index (χ4v) is 3.97. The van der Waals surface area contributed by atoms with E-state index in [-0.39, 0.29) is 0 Å². The largest absolute Gasteiger partial charge is 0.489 e. The molecule has 146 valence electrons. The maximum atomic E-state index is 6.23. The van der Waals surface area contributed by atoms with Gasteiger partial charge in [-0.05, 0) is 47.5 Å². The zero-order chi connectivity index (χ0) is 20.2. The highest BCUT2D eigenvalue weighted by Crippen LogP contribution is 2.30. The molecule has 4 aromatic rings. The molecule has 0 atom stereocenters. The van der Waals surface area contributed by atoms with E-state index in [1.807, 2.05) is 30.3 Å². The van der Waals surface area contributed by atoms with Gasteiger partial charge in [-0.2, -0.15) is 0 Å². The second-order valence-electron chi connectivity index (χ2n) is 7.05. The van der Waals surface area contributed by atoms with E-state index in [4.69, 9.17) is 27.9 Å². The van der Waals surface area contributed by atoms with Crippen LogP contribution in [0.2, 0.25) is 10.0 Å². The van der Waals surface area contributed by atoms with Crippen molar-refractivity contribution in [1.29, 1.82) is 0 Å². The number of hydrogen-bond acceptors (Lipinski definition) is 2. The molecule has 0 saturated carbocycles. The van der Waals surface area contributed by atoms with E-state index >= 15 is 0 Å². The zero-order valence-electron chi connectivity index (χ0n) is 16.1. The number of benzene rings is 4. The molecular formula is C25H21Cl2NO. The zero-order valence-corrected chi connectivity index (χ0v) is 17.6. The van der Waals surface area contributed by atoms with Gasteiger partial charge in [-0.15, -0.1) is 0 Å².